The van der Waals surface area contributed by atoms with Crippen LogP contribution in [-0.2, 0) is 0 Å². The standard InChI is InChI=1S/C9H12IN/c1-6(2)9-7(3)4-8(10)5-11-9/h4-6H,1-3H3. The molecule has 1 heterocycles. The summed E-state index contributed by atoms with van der Waals surface area (Å²) in [5.74, 6) is 0.534. The van der Waals surface area contributed by atoms with E-state index in [4.69, 9.17) is 0 Å². The van der Waals surface area contributed by atoms with Gasteiger partial charge >= 0.3 is 0 Å². The van der Waals surface area contributed by atoms with Crippen LogP contribution in [0.3, 0.4) is 0 Å². The molecule has 0 N–H and O–H groups in total. The Hall–Kier alpha value is -0.120. The topological polar surface area (TPSA) is 12.9 Å². The van der Waals surface area contributed by atoms with Gasteiger partial charge in [0, 0.05) is 15.5 Å². The first kappa shape index (κ1) is 8.97. The van der Waals surface area contributed by atoms with Gasteiger partial charge in [-0.1, -0.05) is 13.8 Å². The molecule has 1 nitrogen and oxygen atoms in total. The quantitative estimate of drug-likeness (QED) is 0.708. The zero-order valence-electron chi connectivity index (χ0n) is 7.06. The SMILES string of the molecule is Cc1cc(I)cnc1C(C)C. The average molecular weight is 261 g/mol. The molecule has 0 radical (unpaired) electrons. The van der Waals surface area contributed by atoms with Crippen LogP contribution in [0.1, 0.15) is 31.0 Å². The van der Waals surface area contributed by atoms with Gasteiger partial charge in [0.2, 0.25) is 0 Å². The van der Waals surface area contributed by atoms with Gasteiger partial charge in [0.05, 0.1) is 0 Å². The number of nitrogens with zero attached hydrogens (tertiary/aromatic N) is 1. The monoisotopic (exact) mass is 261 g/mol. The highest BCUT2D eigenvalue weighted by molar-refractivity contribution is 14.1. The van der Waals surface area contributed by atoms with Crippen LogP contribution in [0.25, 0.3) is 0 Å². The largest absolute Gasteiger partial charge is 0.260 e. The normalized spacial score (nSPS) is 10.6. The zero-order valence-corrected chi connectivity index (χ0v) is 9.21. The van der Waals surface area contributed by atoms with Crippen LogP contribution in [0.2, 0.25) is 0 Å². The molecule has 0 unspecified atom stereocenters. The van der Waals surface area contributed by atoms with E-state index in [-0.39, 0.29) is 0 Å². The molecular weight excluding hydrogens is 249 g/mol. The molecule has 1 aromatic rings. The van der Waals surface area contributed by atoms with Gasteiger partial charge in [-0.25, -0.2) is 0 Å². The third-order valence-electron chi connectivity index (χ3n) is 1.63. The molecule has 0 amide bonds. The van der Waals surface area contributed by atoms with Crippen molar-refractivity contribution in [3.8, 4) is 0 Å². The van der Waals surface area contributed by atoms with E-state index in [9.17, 15) is 0 Å². The Morgan fingerprint density at radius 3 is 2.55 bits per heavy atom. The van der Waals surface area contributed by atoms with Crippen LogP contribution in [-0.4, -0.2) is 4.98 Å². The minimum Gasteiger partial charge on any atom is -0.260 e. The van der Waals surface area contributed by atoms with Gasteiger partial charge in [-0.05, 0) is 47.1 Å². The summed E-state index contributed by atoms with van der Waals surface area (Å²) in [7, 11) is 0. The van der Waals surface area contributed by atoms with Crippen LogP contribution < -0.4 is 0 Å². The van der Waals surface area contributed by atoms with E-state index >= 15 is 0 Å². The molecule has 0 spiro atoms. The van der Waals surface area contributed by atoms with Gasteiger partial charge in [-0.15, -0.1) is 0 Å². The molecule has 0 aliphatic carbocycles. The Bertz CT molecular complexity index is 256. The molecule has 0 saturated heterocycles. The first-order valence-corrected chi connectivity index (χ1v) is 4.81. The molecule has 0 aliphatic rings. The van der Waals surface area contributed by atoms with E-state index in [2.05, 4.69) is 54.4 Å². The van der Waals surface area contributed by atoms with E-state index in [1.165, 1.54) is 14.8 Å². The van der Waals surface area contributed by atoms with Crippen molar-refractivity contribution in [3.63, 3.8) is 0 Å². The second-order valence-electron chi connectivity index (χ2n) is 3.01. The Labute approximate surface area is 81.4 Å². The number of halogens is 1. The van der Waals surface area contributed by atoms with Gasteiger partial charge in [0.15, 0.2) is 0 Å². The third kappa shape index (κ3) is 2.15. The number of rotatable bonds is 1. The molecule has 60 valence electrons. The molecule has 11 heavy (non-hydrogen) atoms. The summed E-state index contributed by atoms with van der Waals surface area (Å²) in [6.45, 7) is 6.45. The Balaban J connectivity index is 3.09. The lowest BCUT2D eigenvalue weighted by molar-refractivity contribution is 0.810. The van der Waals surface area contributed by atoms with E-state index in [0.717, 1.165) is 0 Å². The maximum atomic E-state index is 4.37. The van der Waals surface area contributed by atoms with Crippen molar-refractivity contribution in [2.45, 2.75) is 26.7 Å². The summed E-state index contributed by atoms with van der Waals surface area (Å²) in [6.07, 6.45) is 1.92. The Morgan fingerprint density at radius 1 is 1.45 bits per heavy atom. The smallest absolute Gasteiger partial charge is 0.0458 e. The highest BCUT2D eigenvalue weighted by Crippen LogP contribution is 2.17. The number of pyridine rings is 1. The predicted molar refractivity (Wildman–Crippen MR) is 55.8 cm³/mol. The summed E-state index contributed by atoms with van der Waals surface area (Å²) in [5.41, 5.74) is 2.51. The minimum atomic E-state index is 0.534. The van der Waals surface area contributed by atoms with E-state index in [1.807, 2.05) is 6.20 Å². The summed E-state index contributed by atoms with van der Waals surface area (Å²) in [4.78, 5) is 4.37. The summed E-state index contributed by atoms with van der Waals surface area (Å²) in [5, 5.41) is 0. The first-order valence-electron chi connectivity index (χ1n) is 3.73. The summed E-state index contributed by atoms with van der Waals surface area (Å²) >= 11 is 2.28. The molecular formula is C9H12IN. The number of hydrogen-bond donors (Lipinski definition) is 0. The van der Waals surface area contributed by atoms with Crippen molar-refractivity contribution in [1.82, 2.24) is 4.98 Å². The summed E-state index contributed by atoms with van der Waals surface area (Å²) < 4.78 is 1.21. The van der Waals surface area contributed by atoms with Crippen molar-refractivity contribution >= 4 is 22.6 Å². The summed E-state index contributed by atoms with van der Waals surface area (Å²) in [6, 6.07) is 2.17. The molecule has 0 aromatic carbocycles. The van der Waals surface area contributed by atoms with E-state index < -0.39 is 0 Å². The molecule has 1 rings (SSSR count). The lowest BCUT2D eigenvalue weighted by Crippen LogP contribution is -1.96. The fraction of sp³-hybridized carbons (Fsp3) is 0.444. The molecule has 1 aromatic heterocycles. The van der Waals surface area contributed by atoms with Crippen LogP contribution in [0, 0.1) is 10.5 Å². The van der Waals surface area contributed by atoms with E-state index in [0.29, 0.717) is 5.92 Å². The maximum Gasteiger partial charge on any atom is 0.0458 e. The maximum absolute atomic E-state index is 4.37. The first-order chi connectivity index (χ1) is 5.11. The highest BCUT2D eigenvalue weighted by Gasteiger charge is 2.03. The van der Waals surface area contributed by atoms with Crippen molar-refractivity contribution in [2.75, 3.05) is 0 Å². The molecule has 2 heteroatoms. The molecule has 0 saturated carbocycles. The van der Waals surface area contributed by atoms with Gasteiger partial charge in [-0.2, -0.15) is 0 Å². The van der Waals surface area contributed by atoms with Crippen LogP contribution in [0.15, 0.2) is 12.3 Å². The molecule has 0 aliphatic heterocycles. The fourth-order valence-corrected chi connectivity index (χ4v) is 1.76. The number of hydrogen-bond acceptors (Lipinski definition) is 1. The second-order valence-corrected chi connectivity index (χ2v) is 4.26. The van der Waals surface area contributed by atoms with Gasteiger partial charge in [-0.3, -0.25) is 4.98 Å². The minimum absolute atomic E-state index is 0.534. The van der Waals surface area contributed by atoms with Crippen molar-refractivity contribution in [1.29, 1.82) is 0 Å². The van der Waals surface area contributed by atoms with Crippen LogP contribution in [0.5, 0.6) is 0 Å². The van der Waals surface area contributed by atoms with E-state index in [1.54, 1.807) is 0 Å². The lowest BCUT2D eigenvalue weighted by Gasteiger charge is -2.07. The second kappa shape index (κ2) is 3.52. The Morgan fingerprint density at radius 2 is 2.09 bits per heavy atom. The fourth-order valence-electron chi connectivity index (χ4n) is 1.16. The Kier molecular flexibility index (Phi) is 2.87. The third-order valence-corrected chi connectivity index (χ3v) is 2.22. The highest BCUT2D eigenvalue weighted by atomic mass is 127. The van der Waals surface area contributed by atoms with Crippen molar-refractivity contribution < 1.29 is 0 Å². The molecule has 0 fully saturated rings. The van der Waals surface area contributed by atoms with Gasteiger partial charge in [0.1, 0.15) is 0 Å². The van der Waals surface area contributed by atoms with Gasteiger partial charge < -0.3 is 0 Å². The van der Waals surface area contributed by atoms with Crippen molar-refractivity contribution in [3.05, 3.63) is 27.1 Å². The van der Waals surface area contributed by atoms with Crippen molar-refractivity contribution in [2.24, 2.45) is 0 Å². The predicted octanol–water partition coefficient (Wildman–Crippen LogP) is 3.12. The molecule has 0 atom stereocenters. The lowest BCUT2D eigenvalue weighted by atomic mass is 10.1. The van der Waals surface area contributed by atoms with Crippen LogP contribution >= 0.6 is 22.6 Å². The van der Waals surface area contributed by atoms with Crippen LogP contribution in [0.4, 0.5) is 0 Å². The number of aromatic nitrogens is 1. The van der Waals surface area contributed by atoms with Gasteiger partial charge in [0.25, 0.3) is 0 Å². The average Bonchev–Trinajstić information content (AvgIpc) is 1.85. The molecule has 0 bridgehead atoms. The zero-order chi connectivity index (χ0) is 8.43. The number of aryl methyl sites for hydroxylation is 1.